The van der Waals surface area contributed by atoms with E-state index in [9.17, 15) is 4.79 Å². The summed E-state index contributed by atoms with van der Waals surface area (Å²) in [5, 5.41) is 3.32. The first-order chi connectivity index (χ1) is 8.08. The Bertz CT molecular complexity index is 434. The summed E-state index contributed by atoms with van der Waals surface area (Å²) < 4.78 is 5.46. The van der Waals surface area contributed by atoms with Crippen LogP contribution < -0.4 is 16.8 Å². The van der Waals surface area contributed by atoms with Crippen LogP contribution in [0, 0.1) is 0 Å². The van der Waals surface area contributed by atoms with Gasteiger partial charge in [0.2, 0.25) is 5.91 Å². The maximum absolute atomic E-state index is 11.0. The van der Waals surface area contributed by atoms with E-state index < -0.39 is 5.91 Å². The van der Waals surface area contributed by atoms with Crippen molar-refractivity contribution >= 4 is 17.3 Å². The van der Waals surface area contributed by atoms with Gasteiger partial charge in [-0.2, -0.15) is 0 Å². The molecule has 1 aliphatic heterocycles. The van der Waals surface area contributed by atoms with Crippen molar-refractivity contribution in [3.8, 4) is 0 Å². The van der Waals surface area contributed by atoms with Gasteiger partial charge in [0.05, 0.1) is 23.5 Å². The molecule has 0 aliphatic carbocycles. The van der Waals surface area contributed by atoms with E-state index in [-0.39, 0.29) is 12.1 Å². The second kappa shape index (κ2) is 4.63. The van der Waals surface area contributed by atoms with Crippen LogP contribution >= 0.6 is 0 Å². The van der Waals surface area contributed by atoms with Crippen molar-refractivity contribution in [3.63, 3.8) is 0 Å². The predicted molar refractivity (Wildman–Crippen MR) is 66.8 cm³/mol. The molecule has 1 amide bonds. The number of primary amides is 1. The van der Waals surface area contributed by atoms with Crippen LogP contribution in [-0.2, 0) is 4.74 Å². The summed E-state index contributed by atoms with van der Waals surface area (Å²) in [6.45, 7) is 2.79. The Balaban J connectivity index is 2.14. The first-order valence-electron chi connectivity index (χ1n) is 5.65. The van der Waals surface area contributed by atoms with Crippen LogP contribution in [0.25, 0.3) is 0 Å². The molecule has 2 atom stereocenters. The number of benzene rings is 1. The molecule has 1 saturated heterocycles. The lowest BCUT2D eigenvalue weighted by molar-refractivity contribution is 0.100. The number of ether oxygens (including phenoxy) is 1. The molecular weight excluding hydrogens is 218 g/mol. The number of nitrogen functional groups attached to an aromatic ring is 1. The van der Waals surface area contributed by atoms with Gasteiger partial charge in [-0.25, -0.2) is 0 Å². The maximum Gasteiger partial charge on any atom is 0.248 e. The monoisotopic (exact) mass is 235 g/mol. The Morgan fingerprint density at radius 2 is 2.29 bits per heavy atom. The average Bonchev–Trinajstić information content (AvgIpc) is 2.67. The molecule has 5 heteroatoms. The number of rotatable bonds is 3. The zero-order valence-corrected chi connectivity index (χ0v) is 9.77. The number of hydrogen-bond donors (Lipinski definition) is 3. The molecule has 0 saturated carbocycles. The lowest BCUT2D eigenvalue weighted by atomic mass is 10.1. The average molecular weight is 235 g/mol. The summed E-state index contributed by atoms with van der Waals surface area (Å²) in [4.78, 5) is 11.0. The largest absolute Gasteiger partial charge is 0.397 e. The van der Waals surface area contributed by atoms with Gasteiger partial charge in [0.1, 0.15) is 0 Å². The number of amides is 1. The van der Waals surface area contributed by atoms with Gasteiger partial charge in [0, 0.05) is 12.2 Å². The standard InChI is InChI=1S/C12H17N3O2/c1-7-10(4-5-17-7)15-11-3-2-8(12(14)16)6-9(11)13/h2-3,6-7,10,15H,4-5,13H2,1H3,(H2,14,16). The van der Waals surface area contributed by atoms with Gasteiger partial charge in [0.25, 0.3) is 0 Å². The number of nitrogens with two attached hydrogens (primary N) is 2. The zero-order chi connectivity index (χ0) is 12.4. The van der Waals surface area contributed by atoms with Crippen LogP contribution in [0.2, 0.25) is 0 Å². The molecule has 5 nitrogen and oxygen atoms in total. The predicted octanol–water partition coefficient (Wildman–Crippen LogP) is 0.957. The lowest BCUT2D eigenvalue weighted by Gasteiger charge is -2.18. The van der Waals surface area contributed by atoms with Gasteiger partial charge >= 0.3 is 0 Å². The highest BCUT2D eigenvalue weighted by molar-refractivity contribution is 5.94. The molecule has 1 fully saturated rings. The second-order valence-electron chi connectivity index (χ2n) is 4.28. The molecule has 0 aromatic heterocycles. The summed E-state index contributed by atoms with van der Waals surface area (Å²) in [5.74, 6) is -0.471. The Kier molecular flexibility index (Phi) is 3.19. The molecule has 1 heterocycles. The van der Waals surface area contributed by atoms with Crippen molar-refractivity contribution in [1.82, 2.24) is 0 Å². The normalized spacial score (nSPS) is 23.6. The highest BCUT2D eigenvalue weighted by Crippen LogP contribution is 2.24. The van der Waals surface area contributed by atoms with E-state index in [2.05, 4.69) is 5.32 Å². The van der Waals surface area contributed by atoms with E-state index in [1.54, 1.807) is 18.2 Å². The molecule has 1 aromatic carbocycles. The van der Waals surface area contributed by atoms with Crippen LogP contribution in [-0.4, -0.2) is 24.7 Å². The molecule has 2 rings (SSSR count). The molecule has 17 heavy (non-hydrogen) atoms. The second-order valence-corrected chi connectivity index (χ2v) is 4.28. The van der Waals surface area contributed by atoms with E-state index in [0.717, 1.165) is 18.7 Å². The Morgan fingerprint density at radius 1 is 1.53 bits per heavy atom. The minimum Gasteiger partial charge on any atom is -0.397 e. The maximum atomic E-state index is 11.0. The fourth-order valence-electron chi connectivity index (χ4n) is 1.97. The topological polar surface area (TPSA) is 90.4 Å². The molecule has 92 valence electrons. The third kappa shape index (κ3) is 2.50. The Morgan fingerprint density at radius 3 is 2.82 bits per heavy atom. The fourth-order valence-corrected chi connectivity index (χ4v) is 1.97. The van der Waals surface area contributed by atoms with E-state index >= 15 is 0 Å². The third-order valence-electron chi connectivity index (χ3n) is 3.05. The quantitative estimate of drug-likeness (QED) is 0.680. The van der Waals surface area contributed by atoms with Gasteiger partial charge in [-0.05, 0) is 31.5 Å². The first kappa shape index (κ1) is 11.7. The third-order valence-corrected chi connectivity index (χ3v) is 3.05. The zero-order valence-electron chi connectivity index (χ0n) is 9.77. The number of carbonyl (C=O) groups is 1. The molecule has 1 aromatic rings. The molecule has 0 bridgehead atoms. The summed E-state index contributed by atoms with van der Waals surface area (Å²) in [6.07, 6.45) is 1.13. The van der Waals surface area contributed by atoms with Gasteiger partial charge < -0.3 is 21.5 Å². The van der Waals surface area contributed by atoms with Crippen molar-refractivity contribution in [2.75, 3.05) is 17.7 Å². The minimum atomic E-state index is -0.471. The SMILES string of the molecule is CC1OCCC1Nc1ccc(C(N)=O)cc1N. The summed E-state index contributed by atoms with van der Waals surface area (Å²) in [7, 11) is 0. The summed E-state index contributed by atoms with van der Waals surface area (Å²) in [6, 6.07) is 5.30. The van der Waals surface area contributed by atoms with Gasteiger partial charge in [0.15, 0.2) is 0 Å². The van der Waals surface area contributed by atoms with Crippen LogP contribution in [0.4, 0.5) is 11.4 Å². The Hall–Kier alpha value is -1.75. The van der Waals surface area contributed by atoms with Crippen LogP contribution in [0.15, 0.2) is 18.2 Å². The summed E-state index contributed by atoms with van der Waals surface area (Å²) >= 11 is 0. The van der Waals surface area contributed by atoms with Crippen molar-refractivity contribution < 1.29 is 9.53 Å². The number of nitrogens with one attached hydrogen (secondary N) is 1. The number of anilines is 2. The highest BCUT2D eigenvalue weighted by Gasteiger charge is 2.24. The van der Waals surface area contributed by atoms with Gasteiger partial charge in [-0.3, -0.25) is 4.79 Å². The number of carbonyl (C=O) groups excluding carboxylic acids is 1. The van der Waals surface area contributed by atoms with Crippen molar-refractivity contribution in [2.24, 2.45) is 5.73 Å². The molecule has 2 unspecified atom stereocenters. The van der Waals surface area contributed by atoms with E-state index in [4.69, 9.17) is 16.2 Å². The van der Waals surface area contributed by atoms with Crippen molar-refractivity contribution in [3.05, 3.63) is 23.8 Å². The minimum absolute atomic E-state index is 0.171. The molecule has 1 aliphatic rings. The van der Waals surface area contributed by atoms with E-state index in [1.807, 2.05) is 6.92 Å². The van der Waals surface area contributed by atoms with E-state index in [1.165, 1.54) is 0 Å². The van der Waals surface area contributed by atoms with Gasteiger partial charge in [-0.1, -0.05) is 0 Å². The van der Waals surface area contributed by atoms with Gasteiger partial charge in [-0.15, -0.1) is 0 Å². The smallest absolute Gasteiger partial charge is 0.248 e. The molecule has 0 spiro atoms. The highest BCUT2D eigenvalue weighted by atomic mass is 16.5. The molecule has 5 N–H and O–H groups in total. The first-order valence-corrected chi connectivity index (χ1v) is 5.65. The van der Waals surface area contributed by atoms with Crippen molar-refractivity contribution in [2.45, 2.75) is 25.5 Å². The van der Waals surface area contributed by atoms with Crippen molar-refractivity contribution in [1.29, 1.82) is 0 Å². The Labute approximate surface area is 100 Å². The number of hydrogen-bond acceptors (Lipinski definition) is 4. The van der Waals surface area contributed by atoms with Crippen LogP contribution in [0.3, 0.4) is 0 Å². The fraction of sp³-hybridized carbons (Fsp3) is 0.417. The van der Waals surface area contributed by atoms with Crippen LogP contribution in [0.1, 0.15) is 23.7 Å². The lowest BCUT2D eigenvalue weighted by Crippen LogP contribution is -2.27. The molecular formula is C12H17N3O2. The van der Waals surface area contributed by atoms with Crippen LogP contribution in [0.5, 0.6) is 0 Å². The van der Waals surface area contributed by atoms with E-state index in [0.29, 0.717) is 11.3 Å². The summed E-state index contributed by atoms with van der Waals surface area (Å²) in [5.41, 5.74) is 12.8. The molecule has 0 radical (unpaired) electrons.